The van der Waals surface area contributed by atoms with E-state index in [-0.39, 0.29) is 11.9 Å². The summed E-state index contributed by atoms with van der Waals surface area (Å²) in [6.07, 6.45) is 4.59. The van der Waals surface area contributed by atoms with Crippen molar-refractivity contribution in [2.45, 2.75) is 46.1 Å². The van der Waals surface area contributed by atoms with Crippen LogP contribution in [0.1, 0.15) is 49.7 Å². The first-order chi connectivity index (χ1) is 12.3. The van der Waals surface area contributed by atoms with Crippen molar-refractivity contribution < 1.29 is 9.18 Å². The summed E-state index contributed by atoms with van der Waals surface area (Å²) in [6, 6.07) is 4.23. The van der Waals surface area contributed by atoms with Gasteiger partial charge in [-0.3, -0.25) is 0 Å². The third kappa shape index (κ3) is 5.98. The Hall–Kier alpha value is -1.07. The summed E-state index contributed by atoms with van der Waals surface area (Å²) >= 11 is 10.1. The fraction of sp³-hybridized carbons (Fsp3) is 0.421. The van der Waals surface area contributed by atoms with Crippen molar-refractivity contribution in [3.63, 3.8) is 0 Å². The number of carbonyl (C=O) groups is 1. The van der Waals surface area contributed by atoms with Crippen LogP contribution in [0.25, 0.3) is 10.6 Å². The van der Waals surface area contributed by atoms with E-state index >= 15 is 0 Å². The van der Waals surface area contributed by atoms with Crippen molar-refractivity contribution in [2.75, 3.05) is 0 Å². The second-order valence-electron chi connectivity index (χ2n) is 6.42. The molecule has 0 spiro atoms. The van der Waals surface area contributed by atoms with E-state index in [9.17, 15) is 9.18 Å². The number of rotatable bonds is 8. The van der Waals surface area contributed by atoms with Gasteiger partial charge in [0.25, 0.3) is 0 Å². The minimum absolute atomic E-state index is 0.00864. The number of aromatic nitrogens is 1. The second-order valence-corrected chi connectivity index (χ2v) is 9.23. The quantitative estimate of drug-likeness (QED) is 0.571. The number of hydrogen-bond donors (Lipinski definition) is 1. The Bertz CT molecular complexity index is 775. The number of carbonyl (C=O) groups excluding carboxylic acids is 1. The standard InChI is InChI=1S/C19H22ClFN2OSSe/c1-4-11(2)5-6-16(12(3)26)23-18(24)17-10-22-19(25-17)13-7-14(20)9-15(21)8-13/h7-11,16H,4-6H2,1-3H3,(H,23,24)/t11-,16+/m1/s1. The first-order valence-corrected chi connectivity index (χ1v) is 10.6. The topological polar surface area (TPSA) is 42.0 Å². The Morgan fingerprint density at radius 1 is 1.38 bits per heavy atom. The van der Waals surface area contributed by atoms with Crippen LogP contribution in [0.3, 0.4) is 0 Å². The van der Waals surface area contributed by atoms with Crippen molar-refractivity contribution in [1.82, 2.24) is 10.3 Å². The Morgan fingerprint density at radius 3 is 2.73 bits per heavy atom. The molecule has 1 N–H and O–H groups in total. The average molecular weight is 460 g/mol. The van der Waals surface area contributed by atoms with Gasteiger partial charge in [-0.25, -0.2) is 0 Å². The van der Waals surface area contributed by atoms with E-state index in [1.807, 2.05) is 6.92 Å². The molecule has 140 valence electrons. The zero-order valence-corrected chi connectivity index (χ0v) is 18.3. The summed E-state index contributed by atoms with van der Waals surface area (Å²) in [6.45, 7) is 6.37. The average Bonchev–Trinajstić information content (AvgIpc) is 3.07. The monoisotopic (exact) mass is 460 g/mol. The first-order valence-electron chi connectivity index (χ1n) is 8.53. The van der Waals surface area contributed by atoms with E-state index in [1.54, 1.807) is 6.07 Å². The fourth-order valence-corrected chi connectivity index (χ4v) is 3.85. The van der Waals surface area contributed by atoms with Crippen LogP contribution in [0, 0.1) is 11.7 Å². The van der Waals surface area contributed by atoms with E-state index in [4.69, 9.17) is 11.6 Å². The molecule has 2 atom stereocenters. The molecule has 2 rings (SSSR count). The Morgan fingerprint density at radius 2 is 2.12 bits per heavy atom. The van der Waals surface area contributed by atoms with Crippen molar-refractivity contribution >= 4 is 48.8 Å². The van der Waals surface area contributed by atoms with E-state index < -0.39 is 5.82 Å². The van der Waals surface area contributed by atoms with Crippen LogP contribution in [0.5, 0.6) is 0 Å². The van der Waals surface area contributed by atoms with Crippen LogP contribution in [0.2, 0.25) is 5.02 Å². The number of nitrogens with zero attached hydrogens (tertiary/aromatic N) is 1. The van der Waals surface area contributed by atoms with Crippen molar-refractivity contribution in [3.8, 4) is 10.6 Å². The number of halogens is 2. The fourth-order valence-electron chi connectivity index (χ4n) is 2.45. The number of nitrogens with one attached hydrogen (secondary N) is 1. The van der Waals surface area contributed by atoms with Crippen molar-refractivity contribution in [1.29, 1.82) is 0 Å². The molecule has 0 saturated carbocycles. The summed E-state index contributed by atoms with van der Waals surface area (Å²) < 4.78 is 14.6. The summed E-state index contributed by atoms with van der Waals surface area (Å²) in [7, 11) is 0. The summed E-state index contributed by atoms with van der Waals surface area (Å²) in [5.41, 5.74) is 0.568. The molecule has 7 heteroatoms. The van der Waals surface area contributed by atoms with E-state index in [1.165, 1.54) is 29.7 Å². The molecule has 1 aromatic heterocycles. The molecule has 0 saturated heterocycles. The maximum absolute atomic E-state index is 13.5. The molecule has 0 radical (unpaired) electrons. The molecular formula is C19H22ClFN2OSSe. The van der Waals surface area contributed by atoms with Crippen molar-refractivity contribution in [2.24, 2.45) is 5.92 Å². The van der Waals surface area contributed by atoms with Gasteiger partial charge in [-0.15, -0.1) is 0 Å². The van der Waals surface area contributed by atoms with E-state index in [0.717, 1.165) is 23.7 Å². The SMILES string of the molecule is CC[C@@H](C)CC[C@H](NC(=O)c1cnc(-c2cc(F)cc(Cl)c2)s1)C(C)=[Se]. The molecule has 0 aliphatic heterocycles. The van der Waals surface area contributed by atoms with Crippen LogP contribution >= 0.6 is 22.9 Å². The third-order valence-corrected chi connectivity index (χ3v) is 6.14. The zero-order valence-electron chi connectivity index (χ0n) is 15.0. The molecule has 26 heavy (non-hydrogen) atoms. The van der Waals surface area contributed by atoms with E-state index in [2.05, 4.69) is 39.7 Å². The van der Waals surface area contributed by atoms with Crippen LogP contribution < -0.4 is 5.32 Å². The molecule has 3 nitrogen and oxygen atoms in total. The van der Waals surface area contributed by atoms with Crippen molar-refractivity contribution in [3.05, 3.63) is 40.1 Å². The van der Waals surface area contributed by atoms with Gasteiger partial charge in [-0.1, -0.05) is 0 Å². The summed E-state index contributed by atoms with van der Waals surface area (Å²) in [5.74, 6) is 0.0343. The second kappa shape index (κ2) is 9.75. The van der Waals surface area contributed by atoms with Gasteiger partial charge < -0.3 is 0 Å². The van der Waals surface area contributed by atoms with Gasteiger partial charge in [0.2, 0.25) is 0 Å². The van der Waals surface area contributed by atoms with Gasteiger partial charge in [0.1, 0.15) is 0 Å². The molecular weight excluding hydrogens is 438 g/mol. The van der Waals surface area contributed by atoms with Crippen LogP contribution in [-0.4, -0.2) is 36.9 Å². The Kier molecular flexibility index (Phi) is 7.96. The van der Waals surface area contributed by atoms with Gasteiger partial charge in [-0.2, -0.15) is 0 Å². The molecule has 0 fully saturated rings. The summed E-state index contributed by atoms with van der Waals surface area (Å²) in [4.78, 5) is 17.3. The molecule has 0 aliphatic carbocycles. The molecule has 1 heterocycles. The molecule has 0 aliphatic rings. The predicted octanol–water partition coefficient (Wildman–Crippen LogP) is 4.89. The van der Waals surface area contributed by atoms with Gasteiger partial charge in [-0.05, 0) is 0 Å². The van der Waals surface area contributed by atoms with E-state index in [0.29, 0.717) is 26.4 Å². The van der Waals surface area contributed by atoms with Crippen LogP contribution in [0.15, 0.2) is 24.4 Å². The number of thiazole rings is 1. The van der Waals surface area contributed by atoms with Crippen LogP contribution in [-0.2, 0) is 0 Å². The normalized spacial score (nSPS) is 13.3. The predicted molar refractivity (Wildman–Crippen MR) is 109 cm³/mol. The number of amides is 1. The van der Waals surface area contributed by atoms with Crippen LogP contribution in [0.4, 0.5) is 4.39 Å². The molecule has 0 unspecified atom stereocenters. The molecule has 2 aromatic rings. The Labute approximate surface area is 170 Å². The molecule has 0 bridgehead atoms. The third-order valence-electron chi connectivity index (χ3n) is 4.28. The van der Waals surface area contributed by atoms with Gasteiger partial charge in [0.15, 0.2) is 0 Å². The zero-order chi connectivity index (χ0) is 19.3. The van der Waals surface area contributed by atoms with Gasteiger partial charge in [0.05, 0.1) is 0 Å². The number of benzene rings is 1. The minimum atomic E-state index is -0.425. The Balaban J connectivity index is 2.09. The van der Waals surface area contributed by atoms with Gasteiger partial charge >= 0.3 is 171 Å². The summed E-state index contributed by atoms with van der Waals surface area (Å²) in [5, 5.41) is 3.93. The first kappa shape index (κ1) is 21.2. The number of hydrogen-bond acceptors (Lipinski definition) is 3. The maximum atomic E-state index is 13.5. The molecule has 1 aromatic carbocycles. The van der Waals surface area contributed by atoms with Gasteiger partial charge in [0, 0.05) is 0 Å². The molecule has 1 amide bonds.